The number of guanidine groups is 1. The molecule has 0 aliphatic rings. The van der Waals surface area contributed by atoms with Crippen molar-refractivity contribution in [2.45, 2.75) is 39.8 Å². The van der Waals surface area contributed by atoms with Crippen LogP contribution in [0.4, 0.5) is 0 Å². The highest BCUT2D eigenvalue weighted by molar-refractivity contribution is 14.0. The summed E-state index contributed by atoms with van der Waals surface area (Å²) in [6, 6.07) is 0. The van der Waals surface area contributed by atoms with Gasteiger partial charge in [0.15, 0.2) is 5.96 Å². The first kappa shape index (κ1) is 15.6. The minimum atomic E-state index is -0.0492. The number of aryl methyl sites for hydroxylation is 1. The van der Waals surface area contributed by atoms with Crippen LogP contribution in [0.3, 0.4) is 0 Å². The highest BCUT2D eigenvalue weighted by Gasteiger charge is 2.09. The molecule has 0 saturated heterocycles. The van der Waals surface area contributed by atoms with Crippen molar-refractivity contribution in [3.63, 3.8) is 0 Å². The molecule has 0 bridgehead atoms. The lowest BCUT2D eigenvalue weighted by molar-refractivity contribution is 0.508. The van der Waals surface area contributed by atoms with Crippen LogP contribution in [0.5, 0.6) is 0 Å². The Labute approximate surface area is 118 Å². The Morgan fingerprint density at radius 3 is 2.62 bits per heavy atom. The van der Waals surface area contributed by atoms with E-state index in [2.05, 4.69) is 15.3 Å². The van der Waals surface area contributed by atoms with Crippen LogP contribution in [0.15, 0.2) is 11.2 Å². The fraction of sp³-hybridized carbons (Fsp3) is 0.600. The summed E-state index contributed by atoms with van der Waals surface area (Å²) >= 11 is 1.65. The second-order valence-corrected chi connectivity index (χ2v) is 5.76. The van der Waals surface area contributed by atoms with Crippen molar-refractivity contribution in [1.82, 2.24) is 10.3 Å². The van der Waals surface area contributed by atoms with Gasteiger partial charge in [-0.1, -0.05) is 0 Å². The first-order valence-electron chi connectivity index (χ1n) is 4.86. The first-order valence-corrected chi connectivity index (χ1v) is 5.68. The van der Waals surface area contributed by atoms with Gasteiger partial charge in [0.2, 0.25) is 0 Å². The molecule has 16 heavy (non-hydrogen) atoms. The van der Waals surface area contributed by atoms with Gasteiger partial charge in [-0.15, -0.1) is 35.3 Å². The maximum atomic E-state index is 5.73. The number of nitrogens with two attached hydrogens (primary N) is 1. The number of halogens is 1. The molecule has 6 heteroatoms. The maximum absolute atomic E-state index is 5.73. The van der Waals surface area contributed by atoms with Crippen LogP contribution in [0.1, 0.15) is 30.7 Å². The number of nitrogens with zero attached hydrogens (tertiary/aromatic N) is 2. The van der Waals surface area contributed by atoms with E-state index >= 15 is 0 Å². The fourth-order valence-electron chi connectivity index (χ4n) is 1.05. The molecule has 1 heterocycles. The zero-order valence-corrected chi connectivity index (χ0v) is 13.2. The Balaban J connectivity index is 0.00000225. The number of rotatable bonds is 2. The summed E-state index contributed by atoms with van der Waals surface area (Å²) in [5.41, 5.74) is 5.68. The van der Waals surface area contributed by atoms with Crippen LogP contribution < -0.4 is 11.1 Å². The molecule has 0 radical (unpaired) electrons. The summed E-state index contributed by atoms with van der Waals surface area (Å²) in [5.74, 6) is 0.468. The van der Waals surface area contributed by atoms with E-state index in [0.717, 1.165) is 5.01 Å². The Hall–Kier alpha value is -0.370. The molecular weight excluding hydrogens is 335 g/mol. The van der Waals surface area contributed by atoms with E-state index in [1.165, 1.54) is 4.88 Å². The lowest BCUT2D eigenvalue weighted by Gasteiger charge is -2.20. The quantitative estimate of drug-likeness (QED) is 0.487. The number of thiazole rings is 1. The largest absolute Gasteiger partial charge is 0.370 e. The fourth-order valence-corrected chi connectivity index (χ4v) is 1.76. The van der Waals surface area contributed by atoms with Gasteiger partial charge < -0.3 is 11.1 Å². The van der Waals surface area contributed by atoms with Crippen LogP contribution in [-0.4, -0.2) is 16.5 Å². The summed E-state index contributed by atoms with van der Waals surface area (Å²) in [7, 11) is 0. The highest BCUT2D eigenvalue weighted by Crippen LogP contribution is 2.11. The second kappa shape index (κ2) is 6.39. The SMILES string of the molecule is Cc1cnc(CN=C(N)NC(C)(C)C)s1.I. The van der Waals surface area contributed by atoms with Gasteiger partial charge in [0.1, 0.15) is 5.01 Å². The van der Waals surface area contributed by atoms with E-state index in [1.54, 1.807) is 11.3 Å². The molecule has 0 fully saturated rings. The molecule has 3 N–H and O–H groups in total. The van der Waals surface area contributed by atoms with E-state index in [9.17, 15) is 0 Å². The topological polar surface area (TPSA) is 63.3 Å². The van der Waals surface area contributed by atoms with Crippen LogP contribution >= 0.6 is 35.3 Å². The molecule has 1 rings (SSSR count). The monoisotopic (exact) mass is 354 g/mol. The molecule has 1 aromatic heterocycles. The molecule has 0 unspecified atom stereocenters. The molecule has 1 aromatic rings. The summed E-state index contributed by atoms with van der Waals surface area (Å²) in [5, 5.41) is 4.09. The zero-order valence-electron chi connectivity index (χ0n) is 10.1. The third-order valence-electron chi connectivity index (χ3n) is 1.56. The molecule has 0 aliphatic carbocycles. The molecule has 0 aliphatic heterocycles. The number of hydrogen-bond donors (Lipinski definition) is 2. The number of aromatic nitrogens is 1. The Morgan fingerprint density at radius 2 is 2.19 bits per heavy atom. The van der Waals surface area contributed by atoms with E-state index < -0.39 is 0 Å². The van der Waals surface area contributed by atoms with E-state index in [4.69, 9.17) is 5.73 Å². The van der Waals surface area contributed by atoms with Crippen molar-refractivity contribution in [3.8, 4) is 0 Å². The number of aliphatic imine (C=N–C) groups is 1. The van der Waals surface area contributed by atoms with Gasteiger partial charge in [-0.3, -0.25) is 0 Å². The van der Waals surface area contributed by atoms with Gasteiger partial charge in [-0.2, -0.15) is 0 Å². The van der Waals surface area contributed by atoms with Crippen molar-refractivity contribution >= 4 is 41.3 Å². The Morgan fingerprint density at radius 1 is 1.56 bits per heavy atom. The molecule has 4 nitrogen and oxygen atoms in total. The first-order chi connectivity index (χ1) is 6.87. The second-order valence-electron chi connectivity index (χ2n) is 4.44. The smallest absolute Gasteiger partial charge is 0.189 e. The van der Waals surface area contributed by atoms with E-state index in [-0.39, 0.29) is 29.5 Å². The number of nitrogens with one attached hydrogen (secondary N) is 1. The lowest BCUT2D eigenvalue weighted by Crippen LogP contribution is -2.44. The van der Waals surface area contributed by atoms with Crippen molar-refractivity contribution in [1.29, 1.82) is 0 Å². The number of hydrogen-bond acceptors (Lipinski definition) is 3. The molecule has 0 aromatic carbocycles. The average Bonchev–Trinajstić information content (AvgIpc) is 2.45. The molecule has 0 spiro atoms. The predicted molar refractivity (Wildman–Crippen MR) is 80.5 cm³/mol. The minimum absolute atomic E-state index is 0. The Kier molecular flexibility index (Phi) is 6.24. The summed E-state index contributed by atoms with van der Waals surface area (Å²) < 4.78 is 0. The maximum Gasteiger partial charge on any atom is 0.189 e. The van der Waals surface area contributed by atoms with Gasteiger partial charge in [0.25, 0.3) is 0 Å². The highest BCUT2D eigenvalue weighted by atomic mass is 127. The molecule has 92 valence electrons. The molecular formula is C10H19IN4S. The standard InChI is InChI=1S/C10H18N4S.HI/c1-7-5-12-8(15-7)6-13-9(11)14-10(2,3)4;/h5H,6H2,1-4H3,(H3,11,13,14);1H. The summed E-state index contributed by atoms with van der Waals surface area (Å²) in [6.07, 6.45) is 1.85. The van der Waals surface area contributed by atoms with Gasteiger partial charge in [-0.05, 0) is 27.7 Å². The van der Waals surface area contributed by atoms with Crippen molar-refractivity contribution in [2.24, 2.45) is 10.7 Å². The van der Waals surface area contributed by atoms with Crippen LogP contribution in [0, 0.1) is 6.92 Å². The van der Waals surface area contributed by atoms with Crippen LogP contribution in [0.25, 0.3) is 0 Å². The van der Waals surface area contributed by atoms with E-state index in [0.29, 0.717) is 12.5 Å². The van der Waals surface area contributed by atoms with Gasteiger partial charge in [0, 0.05) is 16.6 Å². The molecule has 0 amide bonds. The van der Waals surface area contributed by atoms with Gasteiger partial charge in [0.05, 0.1) is 6.54 Å². The van der Waals surface area contributed by atoms with Crippen molar-refractivity contribution < 1.29 is 0 Å². The Bertz CT molecular complexity index is 354. The summed E-state index contributed by atoms with van der Waals surface area (Å²) in [6.45, 7) is 8.71. The normalized spacial score (nSPS) is 12.1. The van der Waals surface area contributed by atoms with Crippen LogP contribution in [-0.2, 0) is 6.54 Å². The van der Waals surface area contributed by atoms with Gasteiger partial charge >= 0.3 is 0 Å². The van der Waals surface area contributed by atoms with E-state index in [1.807, 2.05) is 33.9 Å². The third-order valence-corrected chi connectivity index (χ3v) is 2.45. The third kappa shape index (κ3) is 6.26. The lowest BCUT2D eigenvalue weighted by atomic mass is 10.1. The minimum Gasteiger partial charge on any atom is -0.370 e. The van der Waals surface area contributed by atoms with Gasteiger partial charge in [-0.25, -0.2) is 9.98 Å². The predicted octanol–water partition coefficient (Wildman–Crippen LogP) is 2.27. The molecule has 0 atom stereocenters. The summed E-state index contributed by atoms with van der Waals surface area (Å²) in [4.78, 5) is 9.63. The average molecular weight is 354 g/mol. The molecule has 0 saturated carbocycles. The van der Waals surface area contributed by atoms with Crippen molar-refractivity contribution in [2.75, 3.05) is 0 Å². The zero-order chi connectivity index (χ0) is 11.5. The van der Waals surface area contributed by atoms with Crippen molar-refractivity contribution in [3.05, 3.63) is 16.1 Å². The van der Waals surface area contributed by atoms with Crippen LogP contribution in [0.2, 0.25) is 0 Å².